The molecule has 0 radical (unpaired) electrons. The van der Waals surface area contributed by atoms with Crippen molar-refractivity contribution in [3.8, 4) is 0 Å². The molecule has 1 saturated heterocycles. The molecule has 3 rings (SSSR count). The number of sulfone groups is 1. The van der Waals surface area contributed by atoms with Crippen LogP contribution in [0.2, 0.25) is 0 Å². The van der Waals surface area contributed by atoms with Crippen molar-refractivity contribution in [3.63, 3.8) is 0 Å². The van der Waals surface area contributed by atoms with E-state index in [0.29, 0.717) is 26.2 Å². The molecule has 2 aromatic carbocycles. The number of benzene rings is 2. The summed E-state index contributed by atoms with van der Waals surface area (Å²) in [6.07, 6.45) is -4.93. The normalized spacial score (nSPS) is 16.7. The third-order valence-corrected chi connectivity index (χ3v) is 7.10. The van der Waals surface area contributed by atoms with E-state index in [1.807, 2.05) is 20.8 Å². The average molecular weight is 444 g/mol. The van der Waals surface area contributed by atoms with Gasteiger partial charge in [-0.15, -0.1) is 0 Å². The average Bonchev–Trinajstić information content (AvgIpc) is 2.66. The molecule has 2 aromatic rings. The van der Waals surface area contributed by atoms with Crippen LogP contribution in [0, 0.1) is 5.82 Å². The second-order valence-corrected chi connectivity index (χ2v) is 10.1. The summed E-state index contributed by atoms with van der Waals surface area (Å²) >= 11 is 0. The van der Waals surface area contributed by atoms with Crippen LogP contribution in [0.3, 0.4) is 0 Å². The molecule has 1 aliphatic rings. The smallest absolute Gasteiger partial charge is 0.368 e. The molecule has 4 nitrogen and oxygen atoms in total. The quantitative estimate of drug-likeness (QED) is 0.649. The monoisotopic (exact) mass is 444 g/mol. The van der Waals surface area contributed by atoms with Gasteiger partial charge in [0.1, 0.15) is 10.7 Å². The summed E-state index contributed by atoms with van der Waals surface area (Å²) in [6, 6.07) is 7.88. The fraction of sp³-hybridized carbons (Fsp3) is 0.429. The van der Waals surface area contributed by atoms with Gasteiger partial charge in [0, 0.05) is 31.7 Å². The first-order chi connectivity index (χ1) is 13.8. The van der Waals surface area contributed by atoms with Crippen LogP contribution >= 0.6 is 0 Å². The zero-order chi connectivity index (χ0) is 22.3. The fourth-order valence-electron chi connectivity index (χ4n) is 3.69. The number of halogens is 4. The SMILES string of the molecule is CC(C)(C)N1CCN(c2cccc(S(=O)(=O)c3ccccc3F)c2C(F)(F)F)CC1. The summed E-state index contributed by atoms with van der Waals surface area (Å²) in [6.45, 7) is 7.84. The Bertz CT molecular complexity index is 1020. The second kappa shape index (κ2) is 7.85. The highest BCUT2D eigenvalue weighted by Crippen LogP contribution is 2.43. The van der Waals surface area contributed by atoms with Crippen LogP contribution in [0.15, 0.2) is 52.3 Å². The van der Waals surface area contributed by atoms with Gasteiger partial charge < -0.3 is 4.90 Å². The molecule has 30 heavy (non-hydrogen) atoms. The number of piperazine rings is 1. The minimum atomic E-state index is -4.93. The van der Waals surface area contributed by atoms with Crippen LogP contribution in [-0.2, 0) is 16.0 Å². The summed E-state index contributed by atoms with van der Waals surface area (Å²) < 4.78 is 82.3. The second-order valence-electron chi connectivity index (χ2n) is 8.23. The summed E-state index contributed by atoms with van der Waals surface area (Å²) in [5.74, 6) is -1.09. The molecule has 1 aliphatic heterocycles. The zero-order valence-corrected chi connectivity index (χ0v) is 17.8. The number of hydrogen-bond donors (Lipinski definition) is 0. The van der Waals surface area contributed by atoms with E-state index in [-0.39, 0.29) is 11.2 Å². The third kappa shape index (κ3) is 4.32. The van der Waals surface area contributed by atoms with Gasteiger partial charge in [-0.05, 0) is 45.0 Å². The molecular weight excluding hydrogens is 420 g/mol. The fourth-order valence-corrected chi connectivity index (χ4v) is 5.26. The summed E-state index contributed by atoms with van der Waals surface area (Å²) in [5, 5.41) is 0. The van der Waals surface area contributed by atoms with Gasteiger partial charge in [0.05, 0.1) is 16.1 Å². The maximum atomic E-state index is 14.1. The van der Waals surface area contributed by atoms with Crippen LogP contribution in [0.4, 0.5) is 23.2 Å². The predicted molar refractivity (Wildman–Crippen MR) is 107 cm³/mol. The van der Waals surface area contributed by atoms with Crippen LogP contribution in [-0.4, -0.2) is 45.0 Å². The number of nitrogens with zero attached hydrogens (tertiary/aromatic N) is 2. The van der Waals surface area contributed by atoms with Gasteiger partial charge in [-0.1, -0.05) is 18.2 Å². The molecule has 9 heteroatoms. The lowest BCUT2D eigenvalue weighted by molar-refractivity contribution is -0.139. The molecule has 0 N–H and O–H groups in total. The maximum Gasteiger partial charge on any atom is 0.419 e. The van der Waals surface area contributed by atoms with Crippen molar-refractivity contribution in [1.82, 2.24) is 4.90 Å². The van der Waals surface area contributed by atoms with Crippen LogP contribution in [0.1, 0.15) is 26.3 Å². The largest absolute Gasteiger partial charge is 0.419 e. The first-order valence-electron chi connectivity index (χ1n) is 9.53. The number of alkyl halides is 3. The third-order valence-electron chi connectivity index (χ3n) is 5.27. The van der Waals surface area contributed by atoms with Crippen LogP contribution in [0.5, 0.6) is 0 Å². The van der Waals surface area contributed by atoms with Gasteiger partial charge in [-0.2, -0.15) is 13.2 Å². The van der Waals surface area contributed by atoms with Gasteiger partial charge in [0.15, 0.2) is 0 Å². The van der Waals surface area contributed by atoms with Gasteiger partial charge in [0.2, 0.25) is 9.84 Å². The maximum absolute atomic E-state index is 14.1. The van der Waals surface area contributed by atoms with Gasteiger partial charge in [-0.3, -0.25) is 4.90 Å². The van der Waals surface area contributed by atoms with Crippen molar-refractivity contribution in [2.24, 2.45) is 0 Å². The van der Waals surface area contributed by atoms with Crippen LogP contribution in [0.25, 0.3) is 0 Å². The number of rotatable bonds is 3. The lowest BCUT2D eigenvalue weighted by Crippen LogP contribution is -2.53. The van der Waals surface area contributed by atoms with E-state index in [4.69, 9.17) is 0 Å². The zero-order valence-electron chi connectivity index (χ0n) is 17.0. The Labute approximate surface area is 174 Å². The minimum Gasteiger partial charge on any atom is -0.368 e. The lowest BCUT2D eigenvalue weighted by atomic mass is 10.0. The standard InChI is InChI=1S/C21H24F4N2O2S/c1-20(2,3)27-13-11-26(12-14-27)16-8-6-10-18(19(16)21(23,24)25)30(28,29)17-9-5-4-7-15(17)22/h4-10H,11-14H2,1-3H3. The van der Waals surface area contributed by atoms with Crippen molar-refractivity contribution in [1.29, 1.82) is 0 Å². The highest BCUT2D eigenvalue weighted by Gasteiger charge is 2.42. The van der Waals surface area contributed by atoms with Gasteiger partial charge in [-0.25, -0.2) is 12.8 Å². The van der Waals surface area contributed by atoms with E-state index in [9.17, 15) is 26.0 Å². The van der Waals surface area contributed by atoms with Crippen LogP contribution < -0.4 is 4.90 Å². The van der Waals surface area contributed by atoms with E-state index in [1.165, 1.54) is 24.3 Å². The van der Waals surface area contributed by atoms with Crippen molar-refractivity contribution in [3.05, 3.63) is 53.8 Å². The summed E-state index contributed by atoms with van der Waals surface area (Å²) in [5.41, 5.74) is -1.57. The van der Waals surface area contributed by atoms with E-state index in [0.717, 1.165) is 18.2 Å². The molecule has 0 aliphatic carbocycles. The molecule has 0 unspecified atom stereocenters. The molecule has 1 fully saturated rings. The lowest BCUT2D eigenvalue weighted by Gasteiger charge is -2.43. The first kappa shape index (κ1) is 22.6. The van der Waals surface area contributed by atoms with Crippen molar-refractivity contribution >= 4 is 15.5 Å². The van der Waals surface area contributed by atoms with Gasteiger partial charge >= 0.3 is 6.18 Å². The topological polar surface area (TPSA) is 40.6 Å². The van der Waals surface area contributed by atoms with Crippen molar-refractivity contribution < 1.29 is 26.0 Å². The minimum absolute atomic E-state index is 0.116. The molecule has 0 bridgehead atoms. The molecule has 164 valence electrons. The van der Waals surface area contributed by atoms with Gasteiger partial charge in [0.25, 0.3) is 0 Å². The summed E-state index contributed by atoms with van der Waals surface area (Å²) in [7, 11) is -4.71. The molecule has 0 aromatic heterocycles. The Balaban J connectivity index is 2.09. The Kier molecular flexibility index (Phi) is 5.90. The van der Waals surface area contributed by atoms with E-state index in [2.05, 4.69) is 4.90 Å². The highest BCUT2D eigenvalue weighted by atomic mass is 32.2. The van der Waals surface area contributed by atoms with E-state index < -0.39 is 37.2 Å². The molecule has 0 amide bonds. The molecule has 1 heterocycles. The van der Waals surface area contributed by atoms with Crippen molar-refractivity contribution in [2.75, 3.05) is 31.1 Å². The molecule has 0 spiro atoms. The molecule has 0 atom stereocenters. The Hall–Kier alpha value is -2.13. The van der Waals surface area contributed by atoms with E-state index in [1.54, 1.807) is 4.90 Å². The predicted octanol–water partition coefficient (Wildman–Crippen LogP) is 4.60. The highest BCUT2D eigenvalue weighted by molar-refractivity contribution is 7.91. The Morgan fingerprint density at radius 3 is 1.93 bits per heavy atom. The molecule has 0 saturated carbocycles. The van der Waals surface area contributed by atoms with Crippen molar-refractivity contribution in [2.45, 2.75) is 42.3 Å². The Morgan fingerprint density at radius 2 is 1.40 bits per heavy atom. The number of anilines is 1. The first-order valence-corrected chi connectivity index (χ1v) is 11.0. The number of hydrogen-bond acceptors (Lipinski definition) is 4. The molecular formula is C21H24F4N2O2S. The Morgan fingerprint density at radius 1 is 0.833 bits per heavy atom. The summed E-state index contributed by atoms with van der Waals surface area (Å²) in [4.78, 5) is 2.00. The van der Waals surface area contributed by atoms with E-state index >= 15 is 0 Å².